The Morgan fingerprint density at radius 1 is 1.35 bits per heavy atom. The molecule has 0 radical (unpaired) electrons. The molecule has 5 nitrogen and oxygen atoms in total. The number of piperidine rings is 1. The van der Waals surface area contributed by atoms with E-state index in [1.165, 1.54) is 13.0 Å². The molecule has 2 rings (SSSR count). The van der Waals surface area contributed by atoms with E-state index in [1.54, 1.807) is 4.90 Å². The summed E-state index contributed by atoms with van der Waals surface area (Å²) < 4.78 is 38.2. The number of likely N-dealkylation sites (tertiary alicyclic amines) is 1. The molecular weight excluding hydrogens is 326 g/mol. The molecule has 1 fully saturated rings. The molecule has 0 unspecified atom stereocenters. The van der Waals surface area contributed by atoms with Gasteiger partial charge in [-0.2, -0.15) is 0 Å². The number of carbonyl (C=O) groups is 2. The van der Waals surface area contributed by atoms with Gasteiger partial charge in [0.2, 0.25) is 11.8 Å². The van der Waals surface area contributed by atoms with Crippen molar-refractivity contribution in [2.75, 3.05) is 18.8 Å². The molecule has 2 amide bonds. The average molecular weight is 344 g/mol. The minimum Gasteiger partial charge on any atom is -0.352 e. The molecule has 0 aliphatic carbocycles. The fourth-order valence-electron chi connectivity index (χ4n) is 2.51. The highest BCUT2D eigenvalue weighted by Crippen LogP contribution is 2.15. The molecule has 1 aliphatic rings. The molecule has 126 valence electrons. The highest BCUT2D eigenvalue weighted by atomic mass is 32.2. The summed E-state index contributed by atoms with van der Waals surface area (Å²) in [6.45, 7) is 2.32. The van der Waals surface area contributed by atoms with Crippen LogP contribution in [-0.4, -0.2) is 45.8 Å². The second kappa shape index (κ2) is 7.63. The lowest BCUT2D eigenvalue weighted by atomic mass is 10.1. The van der Waals surface area contributed by atoms with Gasteiger partial charge in [-0.3, -0.25) is 13.8 Å². The van der Waals surface area contributed by atoms with Gasteiger partial charge >= 0.3 is 0 Å². The smallest absolute Gasteiger partial charge is 0.235 e. The first kappa shape index (κ1) is 17.5. The summed E-state index contributed by atoms with van der Waals surface area (Å²) in [4.78, 5) is 24.9. The van der Waals surface area contributed by atoms with Gasteiger partial charge in [-0.05, 0) is 31.0 Å². The summed E-state index contributed by atoms with van der Waals surface area (Å²) in [5, 5.41) is 2.77. The summed E-state index contributed by atoms with van der Waals surface area (Å²) in [5.41, 5.74) is 0. The molecule has 0 saturated carbocycles. The summed E-state index contributed by atoms with van der Waals surface area (Å²) >= 11 is 0. The number of nitrogens with zero attached hydrogens (tertiary/aromatic N) is 1. The quantitative estimate of drug-likeness (QED) is 0.893. The lowest BCUT2D eigenvalue weighted by Gasteiger charge is -2.33. The van der Waals surface area contributed by atoms with Crippen LogP contribution >= 0.6 is 0 Å². The van der Waals surface area contributed by atoms with Crippen LogP contribution in [0.25, 0.3) is 0 Å². The maximum Gasteiger partial charge on any atom is 0.235 e. The molecule has 0 aromatic heterocycles. The number of benzene rings is 1. The van der Waals surface area contributed by atoms with Crippen LogP contribution in [-0.2, 0) is 20.4 Å². The summed E-state index contributed by atoms with van der Waals surface area (Å²) in [5.74, 6) is -2.89. The topological polar surface area (TPSA) is 66.5 Å². The van der Waals surface area contributed by atoms with E-state index in [9.17, 15) is 22.6 Å². The molecular formula is C15H18F2N2O3S. The van der Waals surface area contributed by atoms with E-state index in [1.807, 2.05) is 0 Å². The van der Waals surface area contributed by atoms with Crippen molar-refractivity contribution in [2.24, 2.45) is 0 Å². The first-order valence-electron chi connectivity index (χ1n) is 7.25. The van der Waals surface area contributed by atoms with Crippen LogP contribution in [0.3, 0.4) is 0 Å². The predicted molar refractivity (Wildman–Crippen MR) is 81.1 cm³/mol. The van der Waals surface area contributed by atoms with E-state index >= 15 is 0 Å². The van der Waals surface area contributed by atoms with Crippen molar-refractivity contribution in [3.05, 3.63) is 29.8 Å². The molecule has 1 aliphatic heterocycles. The predicted octanol–water partition coefficient (Wildman–Crippen LogP) is 1.20. The van der Waals surface area contributed by atoms with Crippen LogP contribution in [0.15, 0.2) is 23.1 Å². The van der Waals surface area contributed by atoms with Crippen LogP contribution in [0.1, 0.15) is 19.8 Å². The average Bonchev–Trinajstić information content (AvgIpc) is 2.49. The second-order valence-corrected chi connectivity index (χ2v) is 6.90. The molecule has 1 aromatic carbocycles. The lowest BCUT2D eigenvalue weighted by Crippen LogP contribution is -2.50. The second-order valence-electron chi connectivity index (χ2n) is 5.45. The number of halogens is 2. The molecule has 1 heterocycles. The Morgan fingerprint density at radius 2 is 2.09 bits per heavy atom. The third-order valence-electron chi connectivity index (χ3n) is 3.59. The fraction of sp³-hybridized carbons (Fsp3) is 0.467. The Morgan fingerprint density at radius 3 is 2.74 bits per heavy atom. The zero-order valence-electron chi connectivity index (χ0n) is 12.7. The minimum atomic E-state index is -1.74. The zero-order chi connectivity index (χ0) is 17.0. The Labute approximate surface area is 135 Å². The third kappa shape index (κ3) is 4.82. The number of amides is 2. The summed E-state index contributed by atoms with van der Waals surface area (Å²) in [6.07, 6.45) is 1.53. The monoisotopic (exact) mass is 344 g/mol. The number of hydrogen-bond donors (Lipinski definition) is 1. The normalized spacial score (nSPS) is 19.3. The van der Waals surface area contributed by atoms with Crippen LogP contribution in [0.5, 0.6) is 0 Å². The first-order valence-corrected chi connectivity index (χ1v) is 8.57. The molecule has 23 heavy (non-hydrogen) atoms. The third-order valence-corrected chi connectivity index (χ3v) is 4.88. The molecule has 1 N–H and O–H groups in total. The van der Waals surface area contributed by atoms with Crippen LogP contribution in [0, 0.1) is 11.6 Å². The number of rotatable bonds is 4. The Balaban J connectivity index is 1.96. The van der Waals surface area contributed by atoms with Gasteiger partial charge in [0.1, 0.15) is 5.75 Å². The van der Waals surface area contributed by atoms with E-state index in [2.05, 4.69) is 5.32 Å². The van der Waals surface area contributed by atoms with Crippen molar-refractivity contribution >= 4 is 22.6 Å². The highest BCUT2D eigenvalue weighted by Gasteiger charge is 2.25. The summed E-state index contributed by atoms with van der Waals surface area (Å²) in [7, 11) is -1.74. The standard InChI is InChI=1S/C15H18F2N2O3S/c1-10(20)18-11-3-2-6-19(8-11)15(21)9-23(22)12-4-5-13(16)14(17)7-12/h4-5,7,11H,2-3,6,8-9H2,1H3,(H,18,20)/t11-,23-/m1/s1. The maximum absolute atomic E-state index is 13.2. The van der Waals surface area contributed by atoms with Gasteiger partial charge in [0, 0.05) is 31.0 Å². The van der Waals surface area contributed by atoms with Crippen molar-refractivity contribution in [3.8, 4) is 0 Å². The van der Waals surface area contributed by atoms with Gasteiger partial charge < -0.3 is 10.2 Å². The molecule has 1 aromatic rings. The van der Waals surface area contributed by atoms with E-state index in [0.717, 1.165) is 25.0 Å². The van der Waals surface area contributed by atoms with Crippen LogP contribution in [0.4, 0.5) is 8.78 Å². The van der Waals surface area contributed by atoms with Gasteiger partial charge in [0.15, 0.2) is 11.6 Å². The number of carbonyl (C=O) groups excluding carboxylic acids is 2. The van der Waals surface area contributed by atoms with Crippen molar-refractivity contribution in [3.63, 3.8) is 0 Å². The fourth-order valence-corrected chi connectivity index (χ4v) is 3.54. The summed E-state index contributed by atoms with van der Waals surface area (Å²) in [6, 6.07) is 2.83. The Bertz CT molecular complexity index is 639. The van der Waals surface area contributed by atoms with Crippen molar-refractivity contribution in [1.82, 2.24) is 10.2 Å². The molecule has 2 atom stereocenters. The van der Waals surface area contributed by atoms with Gasteiger partial charge in [-0.1, -0.05) is 0 Å². The van der Waals surface area contributed by atoms with Gasteiger partial charge in [-0.15, -0.1) is 0 Å². The zero-order valence-corrected chi connectivity index (χ0v) is 13.5. The molecule has 1 saturated heterocycles. The van der Waals surface area contributed by atoms with Gasteiger partial charge in [0.05, 0.1) is 10.8 Å². The van der Waals surface area contributed by atoms with Crippen molar-refractivity contribution < 1.29 is 22.6 Å². The highest BCUT2D eigenvalue weighted by molar-refractivity contribution is 7.85. The van der Waals surface area contributed by atoms with E-state index in [0.29, 0.717) is 13.1 Å². The Kier molecular flexibility index (Phi) is 5.81. The Hall–Kier alpha value is -1.83. The molecule has 0 spiro atoms. The number of hydrogen-bond acceptors (Lipinski definition) is 3. The minimum absolute atomic E-state index is 0.0765. The van der Waals surface area contributed by atoms with Crippen molar-refractivity contribution in [1.29, 1.82) is 0 Å². The molecule has 0 bridgehead atoms. The first-order chi connectivity index (χ1) is 10.9. The number of nitrogens with one attached hydrogen (secondary N) is 1. The molecule has 8 heteroatoms. The van der Waals surface area contributed by atoms with Crippen LogP contribution < -0.4 is 5.32 Å². The lowest BCUT2D eigenvalue weighted by molar-refractivity contribution is -0.130. The van der Waals surface area contributed by atoms with E-state index < -0.39 is 22.4 Å². The van der Waals surface area contributed by atoms with E-state index in [-0.39, 0.29) is 28.5 Å². The van der Waals surface area contributed by atoms with Gasteiger partial charge in [-0.25, -0.2) is 8.78 Å². The van der Waals surface area contributed by atoms with Crippen LogP contribution in [0.2, 0.25) is 0 Å². The van der Waals surface area contributed by atoms with E-state index in [4.69, 9.17) is 0 Å². The largest absolute Gasteiger partial charge is 0.352 e. The van der Waals surface area contributed by atoms with Crippen molar-refractivity contribution in [2.45, 2.75) is 30.7 Å². The van der Waals surface area contributed by atoms with Gasteiger partial charge in [0.25, 0.3) is 0 Å². The maximum atomic E-state index is 13.2. The SMILES string of the molecule is CC(=O)N[C@@H]1CCCN(C(=O)C[S@@](=O)c2ccc(F)c(F)c2)C1.